The molecule has 4 N–H and O–H groups in total. The van der Waals surface area contributed by atoms with Gasteiger partial charge in [0.15, 0.2) is 6.04 Å². The van der Waals surface area contributed by atoms with Gasteiger partial charge in [0.1, 0.15) is 0 Å². The highest BCUT2D eigenvalue weighted by Crippen LogP contribution is 2.18. The van der Waals surface area contributed by atoms with Crippen LogP contribution in [0.25, 0.3) is 0 Å². The lowest BCUT2D eigenvalue weighted by molar-refractivity contribution is -0.142. The van der Waals surface area contributed by atoms with Gasteiger partial charge in [-0.15, -0.1) is 0 Å². The van der Waals surface area contributed by atoms with E-state index in [0.29, 0.717) is 5.92 Å². The standard InChI is InChI=1S/C14H20N2O3/c1-8(2)10-5-4-9(3)11(6-10)7-16-13(17)12(15)14(18)19/h4-6,8,12H,7,15H2,1-3H3,(H,16,17)(H,18,19). The summed E-state index contributed by atoms with van der Waals surface area (Å²) in [4.78, 5) is 22.0. The molecule has 1 amide bonds. The van der Waals surface area contributed by atoms with E-state index in [2.05, 4.69) is 19.2 Å². The average molecular weight is 264 g/mol. The van der Waals surface area contributed by atoms with E-state index >= 15 is 0 Å². The third kappa shape index (κ3) is 4.06. The Morgan fingerprint density at radius 3 is 2.53 bits per heavy atom. The lowest BCUT2D eigenvalue weighted by Crippen LogP contribution is -2.45. The summed E-state index contributed by atoms with van der Waals surface area (Å²) in [5, 5.41) is 11.2. The molecule has 0 aliphatic heterocycles. The summed E-state index contributed by atoms with van der Waals surface area (Å²) in [5.74, 6) is -1.61. The molecule has 0 aliphatic rings. The van der Waals surface area contributed by atoms with Crippen LogP contribution in [0.2, 0.25) is 0 Å². The zero-order chi connectivity index (χ0) is 14.6. The van der Waals surface area contributed by atoms with E-state index in [9.17, 15) is 9.59 Å². The molecule has 1 unspecified atom stereocenters. The molecule has 0 radical (unpaired) electrons. The van der Waals surface area contributed by atoms with Gasteiger partial charge in [-0.1, -0.05) is 32.0 Å². The molecule has 0 saturated heterocycles. The van der Waals surface area contributed by atoms with Crippen molar-refractivity contribution in [2.75, 3.05) is 0 Å². The quantitative estimate of drug-likeness (QED) is 0.695. The van der Waals surface area contributed by atoms with Gasteiger partial charge in [0, 0.05) is 6.54 Å². The third-order valence-corrected chi connectivity index (χ3v) is 3.04. The molecule has 5 nitrogen and oxygen atoms in total. The number of hydrogen-bond donors (Lipinski definition) is 3. The van der Waals surface area contributed by atoms with Crippen molar-refractivity contribution >= 4 is 11.9 Å². The predicted octanol–water partition coefficient (Wildman–Crippen LogP) is 1.15. The molecule has 0 saturated carbocycles. The second-order valence-corrected chi connectivity index (χ2v) is 4.87. The van der Waals surface area contributed by atoms with Crippen LogP contribution in [0.4, 0.5) is 0 Å². The molecule has 0 spiro atoms. The molecule has 0 heterocycles. The van der Waals surface area contributed by atoms with E-state index in [1.54, 1.807) is 0 Å². The normalized spacial score (nSPS) is 12.3. The van der Waals surface area contributed by atoms with Gasteiger partial charge in [-0.05, 0) is 29.5 Å². The van der Waals surface area contributed by atoms with E-state index in [1.165, 1.54) is 5.56 Å². The van der Waals surface area contributed by atoms with E-state index in [0.717, 1.165) is 11.1 Å². The number of nitrogens with one attached hydrogen (secondary N) is 1. The Morgan fingerprint density at radius 2 is 2.00 bits per heavy atom. The monoisotopic (exact) mass is 264 g/mol. The van der Waals surface area contributed by atoms with Gasteiger partial charge in [0.2, 0.25) is 5.91 Å². The number of aryl methyl sites for hydroxylation is 1. The first-order valence-corrected chi connectivity index (χ1v) is 6.18. The van der Waals surface area contributed by atoms with Gasteiger partial charge < -0.3 is 16.2 Å². The summed E-state index contributed by atoms with van der Waals surface area (Å²) < 4.78 is 0. The number of carbonyl (C=O) groups excluding carboxylic acids is 1. The lowest BCUT2D eigenvalue weighted by atomic mass is 9.98. The summed E-state index contributed by atoms with van der Waals surface area (Å²) in [6.07, 6.45) is 0. The molecule has 0 fully saturated rings. The SMILES string of the molecule is Cc1ccc(C(C)C)cc1CNC(=O)C(N)C(=O)O. The zero-order valence-corrected chi connectivity index (χ0v) is 11.4. The fourth-order valence-electron chi connectivity index (χ4n) is 1.65. The summed E-state index contributed by atoms with van der Waals surface area (Å²) in [6.45, 7) is 6.41. The fourth-order valence-corrected chi connectivity index (χ4v) is 1.65. The van der Waals surface area contributed by atoms with Crippen molar-refractivity contribution < 1.29 is 14.7 Å². The van der Waals surface area contributed by atoms with Crippen molar-refractivity contribution in [1.29, 1.82) is 0 Å². The van der Waals surface area contributed by atoms with Crippen LogP contribution in [0.5, 0.6) is 0 Å². The Morgan fingerprint density at radius 1 is 1.37 bits per heavy atom. The van der Waals surface area contributed by atoms with Crippen molar-refractivity contribution in [3.8, 4) is 0 Å². The van der Waals surface area contributed by atoms with Crippen LogP contribution in [0, 0.1) is 6.92 Å². The maximum absolute atomic E-state index is 11.5. The van der Waals surface area contributed by atoms with Crippen molar-refractivity contribution in [3.05, 3.63) is 34.9 Å². The van der Waals surface area contributed by atoms with Crippen molar-refractivity contribution in [2.24, 2.45) is 5.73 Å². The van der Waals surface area contributed by atoms with Crippen LogP contribution in [-0.2, 0) is 16.1 Å². The highest BCUT2D eigenvalue weighted by Gasteiger charge is 2.20. The number of rotatable bonds is 5. The molecule has 1 atom stereocenters. The molecule has 1 aromatic rings. The van der Waals surface area contributed by atoms with Crippen molar-refractivity contribution in [2.45, 2.75) is 39.3 Å². The molecule has 1 rings (SSSR count). The van der Waals surface area contributed by atoms with E-state index in [1.807, 2.05) is 25.1 Å². The van der Waals surface area contributed by atoms with Crippen LogP contribution < -0.4 is 11.1 Å². The number of carbonyl (C=O) groups is 2. The topological polar surface area (TPSA) is 92.4 Å². The van der Waals surface area contributed by atoms with Crippen LogP contribution >= 0.6 is 0 Å². The van der Waals surface area contributed by atoms with E-state index in [4.69, 9.17) is 10.8 Å². The molecule has 104 valence electrons. The van der Waals surface area contributed by atoms with Gasteiger partial charge in [-0.3, -0.25) is 4.79 Å². The molecular formula is C14H20N2O3. The first-order valence-electron chi connectivity index (χ1n) is 6.18. The number of hydrogen-bond acceptors (Lipinski definition) is 3. The van der Waals surface area contributed by atoms with Crippen LogP contribution in [0.3, 0.4) is 0 Å². The highest BCUT2D eigenvalue weighted by atomic mass is 16.4. The Labute approximate surface area is 112 Å². The molecule has 0 bridgehead atoms. The number of benzene rings is 1. The Balaban J connectivity index is 2.75. The largest absolute Gasteiger partial charge is 0.480 e. The minimum absolute atomic E-state index is 0.284. The average Bonchev–Trinajstić information content (AvgIpc) is 2.35. The molecular weight excluding hydrogens is 244 g/mol. The van der Waals surface area contributed by atoms with Gasteiger partial charge in [-0.2, -0.15) is 0 Å². The predicted molar refractivity (Wildman–Crippen MR) is 72.7 cm³/mol. The summed E-state index contributed by atoms with van der Waals surface area (Å²) in [5.41, 5.74) is 8.43. The van der Waals surface area contributed by atoms with Gasteiger partial charge >= 0.3 is 5.97 Å². The number of carboxylic acids is 1. The van der Waals surface area contributed by atoms with Crippen LogP contribution in [-0.4, -0.2) is 23.0 Å². The number of carboxylic acid groups (broad SMARTS) is 1. The minimum Gasteiger partial charge on any atom is -0.480 e. The third-order valence-electron chi connectivity index (χ3n) is 3.04. The summed E-state index contributed by atoms with van der Waals surface area (Å²) in [6, 6.07) is 4.54. The van der Waals surface area contributed by atoms with Gasteiger partial charge in [-0.25, -0.2) is 4.79 Å². The highest BCUT2D eigenvalue weighted by molar-refractivity contribution is 6.00. The second kappa shape index (κ2) is 6.33. The first kappa shape index (κ1) is 15.2. The Hall–Kier alpha value is -1.88. The second-order valence-electron chi connectivity index (χ2n) is 4.87. The maximum atomic E-state index is 11.5. The summed E-state index contributed by atoms with van der Waals surface area (Å²) >= 11 is 0. The minimum atomic E-state index is -1.52. The van der Waals surface area contributed by atoms with Gasteiger partial charge in [0.05, 0.1) is 0 Å². The number of amides is 1. The Kier molecular flexibility index (Phi) is 5.06. The number of nitrogens with two attached hydrogens (primary N) is 1. The molecule has 0 aromatic heterocycles. The lowest BCUT2D eigenvalue weighted by Gasteiger charge is -2.13. The maximum Gasteiger partial charge on any atom is 0.330 e. The summed E-state index contributed by atoms with van der Waals surface area (Å²) in [7, 11) is 0. The van der Waals surface area contributed by atoms with Crippen molar-refractivity contribution in [1.82, 2.24) is 5.32 Å². The zero-order valence-electron chi connectivity index (χ0n) is 11.4. The Bertz CT molecular complexity index is 484. The van der Waals surface area contributed by atoms with Crippen molar-refractivity contribution in [3.63, 3.8) is 0 Å². The van der Waals surface area contributed by atoms with E-state index < -0.39 is 17.9 Å². The number of aliphatic carboxylic acids is 1. The van der Waals surface area contributed by atoms with Gasteiger partial charge in [0.25, 0.3) is 0 Å². The first-order chi connectivity index (χ1) is 8.82. The molecule has 0 aliphatic carbocycles. The van der Waals surface area contributed by atoms with E-state index in [-0.39, 0.29) is 6.54 Å². The smallest absolute Gasteiger partial charge is 0.330 e. The van der Waals surface area contributed by atoms with Crippen LogP contribution in [0.15, 0.2) is 18.2 Å². The van der Waals surface area contributed by atoms with Crippen LogP contribution in [0.1, 0.15) is 36.5 Å². The fraction of sp³-hybridized carbons (Fsp3) is 0.429. The molecule has 19 heavy (non-hydrogen) atoms. The molecule has 5 heteroatoms. The molecule has 1 aromatic carbocycles.